The molecule has 1 aliphatic carbocycles. The molecule has 3 fully saturated rings. The first-order chi connectivity index (χ1) is 9.83. The second-order valence-electron chi connectivity index (χ2n) is 7.12. The third-order valence-corrected chi connectivity index (χ3v) is 5.67. The van der Waals surface area contributed by atoms with Crippen molar-refractivity contribution >= 4 is 0 Å². The molecule has 3 heteroatoms. The van der Waals surface area contributed by atoms with Gasteiger partial charge < -0.3 is 10.1 Å². The van der Waals surface area contributed by atoms with Crippen molar-refractivity contribution in [2.45, 2.75) is 82.4 Å². The Bertz CT molecular complexity index is 295. The van der Waals surface area contributed by atoms with E-state index in [2.05, 4.69) is 17.1 Å². The van der Waals surface area contributed by atoms with Gasteiger partial charge in [-0.2, -0.15) is 0 Å². The fourth-order valence-corrected chi connectivity index (χ4v) is 4.69. The van der Waals surface area contributed by atoms with E-state index in [0.717, 1.165) is 18.7 Å². The van der Waals surface area contributed by atoms with Gasteiger partial charge in [0.1, 0.15) is 0 Å². The lowest BCUT2D eigenvalue weighted by atomic mass is 9.87. The highest BCUT2D eigenvalue weighted by Crippen LogP contribution is 2.41. The minimum absolute atomic E-state index is 0.261. The van der Waals surface area contributed by atoms with E-state index < -0.39 is 0 Å². The average Bonchev–Trinajstić information content (AvgIpc) is 2.93. The summed E-state index contributed by atoms with van der Waals surface area (Å²) in [5, 5.41) is 3.60. The second-order valence-corrected chi connectivity index (χ2v) is 7.12. The van der Waals surface area contributed by atoms with Gasteiger partial charge in [0.2, 0.25) is 0 Å². The fraction of sp³-hybridized carbons (Fsp3) is 1.00. The fourth-order valence-electron chi connectivity index (χ4n) is 4.69. The molecule has 2 unspecified atom stereocenters. The van der Waals surface area contributed by atoms with Gasteiger partial charge in [-0.25, -0.2) is 0 Å². The lowest BCUT2D eigenvalue weighted by Gasteiger charge is -2.46. The molecule has 1 saturated carbocycles. The van der Waals surface area contributed by atoms with Gasteiger partial charge in [-0.1, -0.05) is 19.8 Å². The molecule has 0 aromatic rings. The van der Waals surface area contributed by atoms with Crippen molar-refractivity contribution < 1.29 is 4.74 Å². The highest BCUT2D eigenvalue weighted by molar-refractivity contribution is 4.96. The number of hydrogen-bond acceptors (Lipinski definition) is 3. The number of ether oxygens (including phenoxy) is 1. The van der Waals surface area contributed by atoms with Gasteiger partial charge in [0.25, 0.3) is 0 Å². The molecule has 2 saturated heterocycles. The van der Waals surface area contributed by atoms with Gasteiger partial charge in [0, 0.05) is 25.2 Å². The molecule has 0 amide bonds. The first-order valence-electron chi connectivity index (χ1n) is 8.93. The van der Waals surface area contributed by atoms with E-state index >= 15 is 0 Å². The van der Waals surface area contributed by atoms with E-state index in [0.29, 0.717) is 0 Å². The number of nitrogens with zero attached hydrogens (tertiary/aromatic N) is 1. The normalized spacial score (nSPS) is 33.9. The molecule has 20 heavy (non-hydrogen) atoms. The molecule has 2 atom stereocenters. The highest BCUT2D eigenvalue weighted by Gasteiger charge is 2.42. The zero-order valence-electron chi connectivity index (χ0n) is 13.2. The average molecular weight is 280 g/mol. The Hall–Kier alpha value is -0.120. The van der Waals surface area contributed by atoms with Crippen molar-refractivity contribution in [3.8, 4) is 0 Å². The van der Waals surface area contributed by atoms with Gasteiger partial charge in [0.15, 0.2) is 0 Å². The Balaban J connectivity index is 1.66. The predicted molar refractivity (Wildman–Crippen MR) is 83.1 cm³/mol. The van der Waals surface area contributed by atoms with Crippen molar-refractivity contribution in [3.05, 3.63) is 0 Å². The van der Waals surface area contributed by atoms with Gasteiger partial charge in [-0.15, -0.1) is 0 Å². The maximum absolute atomic E-state index is 6.23. The molecular formula is C17H32N2O. The molecular weight excluding hydrogens is 248 g/mol. The molecule has 0 bridgehead atoms. The zero-order chi connectivity index (χ0) is 13.8. The Labute approximate surface area is 124 Å². The summed E-state index contributed by atoms with van der Waals surface area (Å²) in [5.41, 5.74) is 0.261. The molecule has 0 aromatic heterocycles. The Morgan fingerprint density at radius 2 is 2.00 bits per heavy atom. The van der Waals surface area contributed by atoms with Crippen LogP contribution < -0.4 is 5.32 Å². The van der Waals surface area contributed by atoms with Crippen LogP contribution in [-0.2, 0) is 4.74 Å². The first-order valence-corrected chi connectivity index (χ1v) is 8.93. The zero-order valence-corrected chi connectivity index (χ0v) is 13.2. The SMILES string of the molecule is CCCN(C1CCCNC1)C1CCOC2(CCCC2)C1. The monoisotopic (exact) mass is 280 g/mol. The van der Waals surface area contributed by atoms with Gasteiger partial charge in [0.05, 0.1) is 5.60 Å². The molecule has 2 heterocycles. The van der Waals surface area contributed by atoms with Crippen molar-refractivity contribution in [1.29, 1.82) is 0 Å². The lowest BCUT2D eigenvalue weighted by Crippen LogP contribution is -2.55. The van der Waals surface area contributed by atoms with Crippen LogP contribution in [0.15, 0.2) is 0 Å². The maximum Gasteiger partial charge on any atom is 0.0697 e. The molecule has 3 nitrogen and oxygen atoms in total. The van der Waals surface area contributed by atoms with Crippen LogP contribution in [0.2, 0.25) is 0 Å². The van der Waals surface area contributed by atoms with Gasteiger partial charge in [-0.05, 0) is 58.0 Å². The molecule has 1 N–H and O–H groups in total. The lowest BCUT2D eigenvalue weighted by molar-refractivity contribution is -0.108. The minimum atomic E-state index is 0.261. The van der Waals surface area contributed by atoms with Crippen LogP contribution in [0.25, 0.3) is 0 Å². The molecule has 3 aliphatic rings. The number of rotatable bonds is 4. The van der Waals surface area contributed by atoms with Crippen molar-refractivity contribution in [1.82, 2.24) is 10.2 Å². The predicted octanol–water partition coefficient (Wildman–Crippen LogP) is 2.94. The number of piperidine rings is 1. The summed E-state index contributed by atoms with van der Waals surface area (Å²) in [4.78, 5) is 2.84. The topological polar surface area (TPSA) is 24.5 Å². The number of nitrogens with one attached hydrogen (secondary N) is 1. The third kappa shape index (κ3) is 3.20. The minimum Gasteiger partial charge on any atom is -0.375 e. The number of hydrogen-bond donors (Lipinski definition) is 1. The van der Waals surface area contributed by atoms with Crippen LogP contribution in [0.1, 0.15) is 64.7 Å². The Kier molecular flexibility index (Phi) is 5.00. The highest BCUT2D eigenvalue weighted by atomic mass is 16.5. The molecule has 0 aromatic carbocycles. The van der Waals surface area contributed by atoms with Crippen LogP contribution in [0.5, 0.6) is 0 Å². The van der Waals surface area contributed by atoms with Crippen molar-refractivity contribution in [3.63, 3.8) is 0 Å². The molecule has 0 radical (unpaired) electrons. The smallest absolute Gasteiger partial charge is 0.0697 e. The maximum atomic E-state index is 6.23. The second kappa shape index (κ2) is 6.76. The summed E-state index contributed by atoms with van der Waals surface area (Å²) >= 11 is 0. The van der Waals surface area contributed by atoms with Gasteiger partial charge in [-0.3, -0.25) is 4.90 Å². The van der Waals surface area contributed by atoms with Crippen LogP contribution in [0.3, 0.4) is 0 Å². The standard InChI is InChI=1S/C17H32N2O/c1-2-11-19(16-6-5-10-18-14-16)15-7-12-20-17(13-15)8-3-4-9-17/h15-16,18H,2-14H2,1H3. The Morgan fingerprint density at radius 3 is 2.70 bits per heavy atom. The van der Waals surface area contributed by atoms with Crippen molar-refractivity contribution in [2.24, 2.45) is 0 Å². The van der Waals surface area contributed by atoms with E-state index in [9.17, 15) is 0 Å². The van der Waals surface area contributed by atoms with E-state index in [4.69, 9.17) is 4.74 Å². The van der Waals surface area contributed by atoms with E-state index in [1.54, 1.807) is 0 Å². The molecule has 2 aliphatic heterocycles. The molecule has 116 valence electrons. The van der Waals surface area contributed by atoms with Gasteiger partial charge >= 0.3 is 0 Å². The summed E-state index contributed by atoms with van der Waals surface area (Å²) in [6.45, 7) is 7.00. The summed E-state index contributed by atoms with van der Waals surface area (Å²) in [6, 6.07) is 1.54. The first kappa shape index (κ1) is 14.8. The summed E-state index contributed by atoms with van der Waals surface area (Å²) in [6.07, 6.45) is 11.9. The molecule has 1 spiro atoms. The summed E-state index contributed by atoms with van der Waals surface area (Å²) in [5.74, 6) is 0. The van der Waals surface area contributed by atoms with Crippen molar-refractivity contribution in [2.75, 3.05) is 26.2 Å². The van der Waals surface area contributed by atoms with Crippen LogP contribution in [-0.4, -0.2) is 48.8 Å². The van der Waals surface area contributed by atoms with Crippen LogP contribution >= 0.6 is 0 Å². The Morgan fingerprint density at radius 1 is 1.15 bits per heavy atom. The van der Waals surface area contributed by atoms with Crippen LogP contribution in [0.4, 0.5) is 0 Å². The van der Waals surface area contributed by atoms with E-state index in [1.165, 1.54) is 77.4 Å². The van der Waals surface area contributed by atoms with E-state index in [1.807, 2.05) is 0 Å². The summed E-state index contributed by atoms with van der Waals surface area (Å²) in [7, 11) is 0. The van der Waals surface area contributed by atoms with Crippen LogP contribution in [0, 0.1) is 0 Å². The third-order valence-electron chi connectivity index (χ3n) is 5.67. The summed E-state index contributed by atoms with van der Waals surface area (Å²) < 4.78 is 6.23. The van der Waals surface area contributed by atoms with E-state index in [-0.39, 0.29) is 5.60 Å². The quantitative estimate of drug-likeness (QED) is 0.857. The molecule has 3 rings (SSSR count). The largest absolute Gasteiger partial charge is 0.375 e.